The Morgan fingerprint density at radius 3 is 2.65 bits per heavy atom. The lowest BCUT2D eigenvalue weighted by Crippen LogP contribution is -2.38. The lowest BCUT2D eigenvalue weighted by Gasteiger charge is -2.16. The van der Waals surface area contributed by atoms with E-state index < -0.39 is 15.9 Å². The summed E-state index contributed by atoms with van der Waals surface area (Å²) in [6.07, 6.45) is -0.240. The third kappa shape index (κ3) is 5.86. The first kappa shape index (κ1) is 23.3. The van der Waals surface area contributed by atoms with Crippen molar-refractivity contribution < 1.29 is 22.7 Å². The maximum atomic E-state index is 12.4. The van der Waals surface area contributed by atoms with Crippen LogP contribution in [-0.4, -0.2) is 50.3 Å². The van der Waals surface area contributed by atoms with E-state index in [1.54, 1.807) is 18.2 Å². The number of sulfone groups is 1. The first-order valence-electron chi connectivity index (χ1n) is 9.78. The smallest absolute Gasteiger partial charge is 0.193 e. The molecule has 1 aliphatic rings. The molecule has 7 nitrogen and oxygen atoms in total. The monoisotopic (exact) mass is 465 g/mol. The molecule has 0 aliphatic carbocycles. The van der Waals surface area contributed by atoms with E-state index in [2.05, 4.69) is 5.32 Å². The van der Waals surface area contributed by atoms with Crippen LogP contribution in [0.2, 0.25) is 0 Å². The summed E-state index contributed by atoms with van der Waals surface area (Å²) in [5.74, 6) is 1.23. The molecule has 31 heavy (non-hydrogen) atoms. The molecule has 2 N–H and O–H groups in total. The van der Waals surface area contributed by atoms with Crippen molar-refractivity contribution in [2.24, 2.45) is 0 Å². The highest BCUT2D eigenvalue weighted by Gasteiger charge is 2.27. The molecule has 2 heterocycles. The highest BCUT2D eigenvalue weighted by molar-refractivity contribution is 7.91. The predicted molar refractivity (Wildman–Crippen MR) is 122 cm³/mol. The van der Waals surface area contributed by atoms with Crippen LogP contribution >= 0.6 is 12.4 Å². The second-order valence-corrected chi connectivity index (χ2v) is 9.70. The Kier molecular flexibility index (Phi) is 7.38. The van der Waals surface area contributed by atoms with E-state index in [0.29, 0.717) is 28.9 Å². The number of hydrogen-bond acceptors (Lipinski definition) is 7. The van der Waals surface area contributed by atoms with Gasteiger partial charge in [-0.15, -0.1) is 12.4 Å². The normalized spacial score (nSPS) is 18.4. The maximum Gasteiger partial charge on any atom is 0.193 e. The quantitative estimate of drug-likeness (QED) is 0.551. The molecule has 4 rings (SSSR count). The van der Waals surface area contributed by atoms with E-state index >= 15 is 0 Å². The molecule has 1 saturated heterocycles. The van der Waals surface area contributed by atoms with Gasteiger partial charge in [0.1, 0.15) is 29.8 Å². The SMILES string of the molecule is Cl.O=c1cc(-c2ccccc2)oc2cc(OCC(O)CNC3CCS(=O)(=O)C3)ccc12. The molecule has 1 fully saturated rings. The second kappa shape index (κ2) is 9.82. The van der Waals surface area contributed by atoms with Gasteiger partial charge in [-0.3, -0.25) is 4.79 Å². The zero-order valence-electron chi connectivity index (χ0n) is 16.7. The van der Waals surface area contributed by atoms with Gasteiger partial charge in [0, 0.05) is 30.3 Å². The van der Waals surface area contributed by atoms with Gasteiger partial charge in [0.15, 0.2) is 15.3 Å². The number of benzene rings is 2. The summed E-state index contributed by atoms with van der Waals surface area (Å²) in [5.41, 5.74) is 1.07. The Balaban J connectivity index is 0.00000272. The van der Waals surface area contributed by atoms with Crippen LogP contribution in [0.25, 0.3) is 22.3 Å². The Morgan fingerprint density at radius 1 is 1.16 bits per heavy atom. The summed E-state index contributed by atoms with van der Waals surface area (Å²) in [4.78, 5) is 12.4. The van der Waals surface area contributed by atoms with Crippen LogP contribution in [0.1, 0.15) is 6.42 Å². The number of ether oxygens (including phenoxy) is 1. The van der Waals surface area contributed by atoms with Crippen LogP contribution in [0.15, 0.2) is 63.8 Å². The number of hydrogen-bond donors (Lipinski definition) is 2. The summed E-state index contributed by atoms with van der Waals surface area (Å²) in [5, 5.41) is 13.7. The number of aliphatic hydroxyl groups excluding tert-OH is 1. The van der Waals surface area contributed by atoms with Gasteiger partial charge in [-0.2, -0.15) is 0 Å². The summed E-state index contributed by atoms with van der Waals surface area (Å²) in [6, 6.07) is 15.6. The maximum absolute atomic E-state index is 12.4. The molecule has 166 valence electrons. The molecule has 0 radical (unpaired) electrons. The lowest BCUT2D eigenvalue weighted by atomic mass is 10.1. The van der Waals surface area contributed by atoms with Gasteiger partial charge in [-0.25, -0.2) is 8.42 Å². The van der Waals surface area contributed by atoms with Gasteiger partial charge in [0.2, 0.25) is 0 Å². The van der Waals surface area contributed by atoms with Gasteiger partial charge in [0.05, 0.1) is 16.9 Å². The van der Waals surface area contributed by atoms with E-state index in [1.165, 1.54) is 6.07 Å². The average Bonchev–Trinajstić information content (AvgIpc) is 3.09. The van der Waals surface area contributed by atoms with E-state index in [9.17, 15) is 18.3 Å². The summed E-state index contributed by atoms with van der Waals surface area (Å²) in [6.45, 7) is 0.265. The number of fused-ring (bicyclic) bond motifs is 1. The molecule has 0 spiro atoms. The third-order valence-corrected chi connectivity index (χ3v) is 6.84. The van der Waals surface area contributed by atoms with E-state index in [4.69, 9.17) is 9.15 Å². The molecule has 1 aliphatic heterocycles. The molecular weight excluding hydrogens is 442 g/mol. The highest BCUT2D eigenvalue weighted by atomic mass is 35.5. The molecule has 0 bridgehead atoms. The van der Waals surface area contributed by atoms with Crippen LogP contribution in [0.4, 0.5) is 0 Å². The number of aliphatic hydroxyl groups is 1. The molecule has 2 aromatic carbocycles. The number of nitrogens with one attached hydrogen (secondary N) is 1. The number of halogens is 1. The summed E-state index contributed by atoms with van der Waals surface area (Å²) >= 11 is 0. The van der Waals surface area contributed by atoms with Gasteiger partial charge in [-0.05, 0) is 18.6 Å². The van der Waals surface area contributed by atoms with Gasteiger partial charge in [-0.1, -0.05) is 30.3 Å². The van der Waals surface area contributed by atoms with Crippen molar-refractivity contribution in [1.82, 2.24) is 5.32 Å². The highest BCUT2D eigenvalue weighted by Crippen LogP contribution is 2.25. The zero-order valence-corrected chi connectivity index (χ0v) is 18.3. The Hall–Kier alpha value is -2.39. The fourth-order valence-corrected chi connectivity index (χ4v) is 5.19. The van der Waals surface area contributed by atoms with Crippen LogP contribution in [-0.2, 0) is 9.84 Å². The van der Waals surface area contributed by atoms with Gasteiger partial charge >= 0.3 is 0 Å². The van der Waals surface area contributed by atoms with E-state index in [-0.39, 0.29) is 48.5 Å². The molecule has 2 unspecified atom stereocenters. The Morgan fingerprint density at radius 2 is 1.94 bits per heavy atom. The van der Waals surface area contributed by atoms with Crippen molar-refractivity contribution in [3.63, 3.8) is 0 Å². The minimum absolute atomic E-state index is 0. The van der Waals surface area contributed by atoms with E-state index in [1.807, 2.05) is 30.3 Å². The standard InChI is InChI=1S/C22H23NO6S.ClH/c24-17(12-23-16-8-9-30(26,27)14-16)13-28-18-6-7-19-20(25)11-21(29-22(19)10-18)15-4-2-1-3-5-15;/h1-7,10-11,16-17,23-24H,8-9,12-14H2;1H. The van der Waals surface area contributed by atoms with Crippen molar-refractivity contribution in [2.45, 2.75) is 18.6 Å². The van der Waals surface area contributed by atoms with Crippen molar-refractivity contribution in [3.8, 4) is 17.1 Å². The molecule has 3 aromatic rings. The average molecular weight is 466 g/mol. The first-order valence-corrected chi connectivity index (χ1v) is 11.6. The third-order valence-electron chi connectivity index (χ3n) is 5.08. The Labute approximate surface area is 186 Å². The topological polar surface area (TPSA) is 106 Å². The van der Waals surface area contributed by atoms with Crippen LogP contribution in [0.5, 0.6) is 5.75 Å². The molecule has 9 heteroatoms. The Bertz CT molecular complexity index is 1200. The van der Waals surface area contributed by atoms with Gasteiger partial charge in [0.25, 0.3) is 0 Å². The van der Waals surface area contributed by atoms with Crippen molar-refractivity contribution >= 4 is 33.2 Å². The van der Waals surface area contributed by atoms with Crippen LogP contribution in [0.3, 0.4) is 0 Å². The van der Waals surface area contributed by atoms with Crippen molar-refractivity contribution in [3.05, 3.63) is 64.8 Å². The zero-order chi connectivity index (χ0) is 21.1. The molecule has 2 atom stereocenters. The minimum Gasteiger partial charge on any atom is -0.491 e. The first-order chi connectivity index (χ1) is 14.4. The fourth-order valence-electron chi connectivity index (χ4n) is 3.48. The predicted octanol–water partition coefficient (Wildman–Crippen LogP) is 2.40. The van der Waals surface area contributed by atoms with Crippen LogP contribution < -0.4 is 15.5 Å². The largest absolute Gasteiger partial charge is 0.491 e. The molecule has 1 aromatic heterocycles. The molecular formula is C22H24ClNO6S. The summed E-state index contributed by atoms with van der Waals surface area (Å²) in [7, 11) is -2.96. The van der Waals surface area contributed by atoms with Crippen molar-refractivity contribution in [2.75, 3.05) is 24.7 Å². The molecule has 0 saturated carbocycles. The molecule has 0 amide bonds. The van der Waals surface area contributed by atoms with Crippen LogP contribution in [0, 0.1) is 0 Å². The van der Waals surface area contributed by atoms with E-state index in [0.717, 1.165) is 5.56 Å². The van der Waals surface area contributed by atoms with Gasteiger partial charge < -0.3 is 19.6 Å². The number of rotatable bonds is 7. The summed E-state index contributed by atoms with van der Waals surface area (Å²) < 4.78 is 34.5. The second-order valence-electron chi connectivity index (χ2n) is 7.47. The fraction of sp³-hybridized carbons (Fsp3) is 0.318. The van der Waals surface area contributed by atoms with Crippen molar-refractivity contribution in [1.29, 1.82) is 0 Å². The lowest BCUT2D eigenvalue weighted by molar-refractivity contribution is 0.104. The minimum atomic E-state index is -2.96.